The number of piperidine rings is 1. The Morgan fingerprint density at radius 3 is 2.61 bits per heavy atom. The second-order valence-electron chi connectivity index (χ2n) is 4.81. The molecule has 1 heterocycles. The van der Waals surface area contributed by atoms with Crippen LogP contribution < -0.4 is 10.6 Å². The second kappa shape index (κ2) is 4.71. The Labute approximate surface area is 105 Å². The minimum Gasteiger partial charge on any atom is -0.398 e. The van der Waals surface area contributed by atoms with Gasteiger partial charge in [-0.05, 0) is 44.4 Å². The lowest BCUT2D eigenvalue weighted by atomic mass is 10.0. The fourth-order valence-corrected chi connectivity index (χ4v) is 2.45. The van der Waals surface area contributed by atoms with Crippen LogP contribution in [0.4, 0.5) is 24.5 Å². The molecule has 2 nitrogen and oxygen atoms in total. The lowest BCUT2D eigenvalue weighted by Gasteiger charge is -2.35. The molecule has 1 aliphatic rings. The molecule has 1 fully saturated rings. The molecule has 0 saturated carbocycles. The highest BCUT2D eigenvalue weighted by molar-refractivity contribution is 5.60. The number of benzene rings is 1. The molecule has 0 unspecified atom stereocenters. The third-order valence-electron chi connectivity index (χ3n) is 3.48. The van der Waals surface area contributed by atoms with E-state index in [0.717, 1.165) is 31.9 Å². The van der Waals surface area contributed by atoms with E-state index in [2.05, 4.69) is 0 Å². The lowest BCUT2D eigenvalue weighted by Crippen LogP contribution is -2.37. The maximum Gasteiger partial charge on any atom is 0.418 e. The van der Waals surface area contributed by atoms with Crippen LogP contribution in [0, 0.1) is 0 Å². The fraction of sp³-hybridized carbons (Fsp3) is 0.538. The molecular formula is C13H17F3N2. The highest BCUT2D eigenvalue weighted by Crippen LogP contribution is 2.37. The first-order valence-corrected chi connectivity index (χ1v) is 6.13. The van der Waals surface area contributed by atoms with Gasteiger partial charge in [-0.25, -0.2) is 0 Å². The van der Waals surface area contributed by atoms with E-state index in [0.29, 0.717) is 5.69 Å². The molecule has 1 atom stereocenters. The van der Waals surface area contributed by atoms with Gasteiger partial charge in [-0.1, -0.05) is 0 Å². The molecule has 2 rings (SSSR count). The highest BCUT2D eigenvalue weighted by Gasteiger charge is 2.34. The molecule has 0 radical (unpaired) electrons. The summed E-state index contributed by atoms with van der Waals surface area (Å²) in [5, 5.41) is 0. The predicted octanol–water partition coefficient (Wildman–Crippen LogP) is 3.67. The third kappa shape index (κ3) is 2.54. The zero-order valence-corrected chi connectivity index (χ0v) is 10.3. The molecule has 0 amide bonds. The van der Waals surface area contributed by atoms with E-state index >= 15 is 0 Å². The first-order valence-electron chi connectivity index (χ1n) is 6.13. The van der Waals surface area contributed by atoms with Crippen LogP contribution >= 0.6 is 0 Å². The first-order chi connectivity index (χ1) is 8.39. The smallest absolute Gasteiger partial charge is 0.398 e. The van der Waals surface area contributed by atoms with Gasteiger partial charge in [0.2, 0.25) is 0 Å². The van der Waals surface area contributed by atoms with Crippen LogP contribution in [0.2, 0.25) is 0 Å². The Morgan fingerprint density at radius 2 is 2.00 bits per heavy atom. The van der Waals surface area contributed by atoms with E-state index in [1.165, 1.54) is 6.07 Å². The molecule has 5 heteroatoms. The third-order valence-corrected chi connectivity index (χ3v) is 3.48. The SMILES string of the molecule is C[C@H]1CCCCN1c1ccc(N)c(C(F)(F)F)c1. The van der Waals surface area contributed by atoms with Crippen molar-refractivity contribution in [3.63, 3.8) is 0 Å². The standard InChI is InChI=1S/C13H17F3N2/c1-9-4-2-3-7-18(9)10-5-6-12(17)11(8-10)13(14,15)16/h5-6,8-9H,2-4,7,17H2,1H3/t9-/m0/s1. The quantitative estimate of drug-likeness (QED) is 0.779. The summed E-state index contributed by atoms with van der Waals surface area (Å²) in [5.41, 5.74) is 5.07. The zero-order valence-electron chi connectivity index (χ0n) is 10.3. The van der Waals surface area contributed by atoms with Crippen LogP contribution in [0.1, 0.15) is 31.7 Å². The molecule has 0 aromatic heterocycles. The Bertz CT molecular complexity index is 429. The Hall–Kier alpha value is -1.39. The number of nitrogens with two attached hydrogens (primary N) is 1. The summed E-state index contributed by atoms with van der Waals surface area (Å²) in [6.07, 6.45) is -1.21. The van der Waals surface area contributed by atoms with Gasteiger partial charge in [0.25, 0.3) is 0 Å². The van der Waals surface area contributed by atoms with Gasteiger partial charge in [-0.2, -0.15) is 13.2 Å². The molecule has 1 aliphatic heterocycles. The molecule has 2 N–H and O–H groups in total. The maximum atomic E-state index is 12.8. The van der Waals surface area contributed by atoms with Gasteiger partial charge in [-0.15, -0.1) is 0 Å². The average Bonchev–Trinajstić information content (AvgIpc) is 2.29. The van der Waals surface area contributed by atoms with Gasteiger partial charge in [0, 0.05) is 24.0 Å². The summed E-state index contributed by atoms with van der Waals surface area (Å²) < 4.78 is 38.4. The minimum atomic E-state index is -4.39. The van der Waals surface area contributed by atoms with Gasteiger partial charge in [-0.3, -0.25) is 0 Å². The molecule has 0 aliphatic carbocycles. The predicted molar refractivity (Wildman–Crippen MR) is 66.5 cm³/mol. The van der Waals surface area contributed by atoms with Crippen molar-refractivity contribution in [1.82, 2.24) is 0 Å². The highest BCUT2D eigenvalue weighted by atomic mass is 19.4. The van der Waals surface area contributed by atoms with Crippen molar-refractivity contribution in [2.45, 2.75) is 38.4 Å². The lowest BCUT2D eigenvalue weighted by molar-refractivity contribution is -0.136. The Kier molecular flexibility index (Phi) is 3.41. The van der Waals surface area contributed by atoms with Crippen LogP contribution in [0.15, 0.2) is 18.2 Å². The van der Waals surface area contributed by atoms with Crippen molar-refractivity contribution >= 4 is 11.4 Å². The van der Waals surface area contributed by atoms with Gasteiger partial charge in [0.05, 0.1) is 5.56 Å². The summed E-state index contributed by atoms with van der Waals surface area (Å²) in [6.45, 7) is 2.85. The number of halogens is 3. The topological polar surface area (TPSA) is 29.3 Å². The number of anilines is 2. The minimum absolute atomic E-state index is 0.212. The fourth-order valence-electron chi connectivity index (χ4n) is 2.45. The number of hydrogen-bond acceptors (Lipinski definition) is 2. The van der Waals surface area contributed by atoms with E-state index in [4.69, 9.17) is 5.73 Å². The van der Waals surface area contributed by atoms with Gasteiger partial charge in [0.1, 0.15) is 0 Å². The van der Waals surface area contributed by atoms with Crippen molar-refractivity contribution in [2.75, 3.05) is 17.2 Å². The van der Waals surface area contributed by atoms with Crippen LogP contribution in [-0.2, 0) is 6.18 Å². The van der Waals surface area contributed by atoms with Crippen LogP contribution in [0.3, 0.4) is 0 Å². The number of hydrogen-bond donors (Lipinski definition) is 1. The Balaban J connectivity index is 2.34. The maximum absolute atomic E-state index is 12.8. The molecule has 1 saturated heterocycles. The molecule has 0 bridgehead atoms. The molecule has 18 heavy (non-hydrogen) atoms. The largest absolute Gasteiger partial charge is 0.418 e. The summed E-state index contributed by atoms with van der Waals surface area (Å²) in [4.78, 5) is 2.03. The van der Waals surface area contributed by atoms with Crippen molar-refractivity contribution in [2.24, 2.45) is 0 Å². The molecule has 1 aromatic carbocycles. The second-order valence-corrected chi connectivity index (χ2v) is 4.81. The molecule has 1 aromatic rings. The summed E-state index contributed by atoms with van der Waals surface area (Å²) in [5.74, 6) is 0. The van der Waals surface area contributed by atoms with E-state index in [9.17, 15) is 13.2 Å². The monoisotopic (exact) mass is 258 g/mol. The number of nitrogens with zero attached hydrogens (tertiary/aromatic N) is 1. The van der Waals surface area contributed by atoms with E-state index < -0.39 is 11.7 Å². The van der Waals surface area contributed by atoms with Crippen molar-refractivity contribution in [1.29, 1.82) is 0 Å². The van der Waals surface area contributed by atoms with Gasteiger partial charge < -0.3 is 10.6 Å². The van der Waals surface area contributed by atoms with Crippen molar-refractivity contribution in [3.05, 3.63) is 23.8 Å². The van der Waals surface area contributed by atoms with Crippen molar-refractivity contribution in [3.8, 4) is 0 Å². The van der Waals surface area contributed by atoms with E-state index in [-0.39, 0.29) is 11.7 Å². The number of alkyl halides is 3. The number of rotatable bonds is 1. The van der Waals surface area contributed by atoms with Crippen LogP contribution in [0.5, 0.6) is 0 Å². The zero-order chi connectivity index (χ0) is 13.3. The molecular weight excluding hydrogens is 241 g/mol. The van der Waals surface area contributed by atoms with Gasteiger partial charge in [0.15, 0.2) is 0 Å². The summed E-state index contributed by atoms with van der Waals surface area (Å²) >= 11 is 0. The normalized spacial score (nSPS) is 21.1. The van der Waals surface area contributed by atoms with E-state index in [1.807, 2.05) is 11.8 Å². The Morgan fingerprint density at radius 1 is 1.28 bits per heavy atom. The average molecular weight is 258 g/mol. The van der Waals surface area contributed by atoms with Gasteiger partial charge >= 0.3 is 6.18 Å². The number of nitrogen functional groups attached to an aromatic ring is 1. The van der Waals surface area contributed by atoms with Crippen molar-refractivity contribution < 1.29 is 13.2 Å². The molecule has 100 valence electrons. The van der Waals surface area contributed by atoms with E-state index in [1.54, 1.807) is 6.07 Å². The summed E-state index contributed by atoms with van der Waals surface area (Å²) in [7, 11) is 0. The van der Waals surface area contributed by atoms with Crippen LogP contribution in [0.25, 0.3) is 0 Å². The van der Waals surface area contributed by atoms with Crippen LogP contribution in [-0.4, -0.2) is 12.6 Å². The summed E-state index contributed by atoms with van der Waals surface area (Å²) in [6, 6.07) is 4.46. The molecule has 0 spiro atoms. The first kappa shape index (κ1) is 13.1.